The lowest BCUT2D eigenvalue weighted by Gasteiger charge is -2.05. The van der Waals surface area contributed by atoms with Gasteiger partial charge < -0.3 is 14.5 Å². The third-order valence-corrected chi connectivity index (χ3v) is 3.49. The number of nitrogens with one attached hydrogen (secondary N) is 1. The summed E-state index contributed by atoms with van der Waals surface area (Å²) in [6.07, 6.45) is 0. The van der Waals surface area contributed by atoms with E-state index in [1.807, 2.05) is 0 Å². The predicted molar refractivity (Wildman–Crippen MR) is 90.4 cm³/mol. The van der Waals surface area contributed by atoms with Crippen LogP contribution in [0.3, 0.4) is 0 Å². The van der Waals surface area contributed by atoms with Crippen LogP contribution in [0.1, 0.15) is 16.3 Å². The predicted octanol–water partition coefficient (Wildman–Crippen LogP) is 4.30. The van der Waals surface area contributed by atoms with Crippen molar-refractivity contribution in [2.24, 2.45) is 0 Å². The molecule has 138 valence electrons. The number of halogens is 2. The molecule has 2 aromatic carbocycles. The van der Waals surface area contributed by atoms with Crippen molar-refractivity contribution in [1.29, 1.82) is 0 Å². The van der Waals surface area contributed by atoms with Crippen LogP contribution in [0.4, 0.5) is 20.2 Å². The Morgan fingerprint density at radius 3 is 2.52 bits per heavy atom. The Morgan fingerprint density at radius 2 is 1.85 bits per heavy atom. The van der Waals surface area contributed by atoms with Crippen LogP contribution in [0.2, 0.25) is 0 Å². The monoisotopic (exact) mass is 374 g/mol. The maximum Gasteiger partial charge on any atom is 0.291 e. The summed E-state index contributed by atoms with van der Waals surface area (Å²) in [5.74, 6) is -2.05. The molecule has 0 spiro atoms. The van der Waals surface area contributed by atoms with E-state index in [-0.39, 0.29) is 29.6 Å². The number of anilines is 1. The van der Waals surface area contributed by atoms with Gasteiger partial charge in [0.2, 0.25) is 0 Å². The number of rotatable bonds is 6. The van der Waals surface area contributed by atoms with Gasteiger partial charge in [-0.05, 0) is 36.4 Å². The third kappa shape index (κ3) is 4.46. The molecule has 27 heavy (non-hydrogen) atoms. The average molecular weight is 374 g/mol. The number of furan rings is 1. The molecule has 3 aromatic rings. The summed E-state index contributed by atoms with van der Waals surface area (Å²) in [5.41, 5.74) is 0.256. The lowest BCUT2D eigenvalue weighted by Crippen LogP contribution is -2.10. The second-order valence-corrected chi connectivity index (χ2v) is 5.39. The van der Waals surface area contributed by atoms with Crippen LogP contribution in [0, 0.1) is 21.7 Å². The van der Waals surface area contributed by atoms with Gasteiger partial charge in [-0.25, -0.2) is 8.78 Å². The van der Waals surface area contributed by atoms with Gasteiger partial charge in [0.05, 0.1) is 4.92 Å². The van der Waals surface area contributed by atoms with E-state index in [0.717, 1.165) is 12.1 Å². The number of ether oxygens (including phenoxy) is 1. The molecule has 0 saturated carbocycles. The molecule has 1 amide bonds. The highest BCUT2D eigenvalue weighted by Gasteiger charge is 2.13. The third-order valence-electron chi connectivity index (χ3n) is 3.49. The van der Waals surface area contributed by atoms with Crippen molar-refractivity contribution in [3.05, 3.63) is 87.9 Å². The molecule has 0 aliphatic heterocycles. The van der Waals surface area contributed by atoms with Crippen molar-refractivity contribution in [1.82, 2.24) is 0 Å². The van der Waals surface area contributed by atoms with Gasteiger partial charge in [-0.3, -0.25) is 14.9 Å². The molecule has 1 N–H and O–H groups in total. The lowest BCUT2D eigenvalue weighted by molar-refractivity contribution is -0.384. The highest BCUT2D eigenvalue weighted by Crippen LogP contribution is 2.20. The molecule has 0 aliphatic carbocycles. The molecule has 0 radical (unpaired) electrons. The largest absolute Gasteiger partial charge is 0.483 e. The van der Waals surface area contributed by atoms with Crippen LogP contribution in [0.5, 0.6) is 5.75 Å². The molecule has 0 aliphatic rings. The number of nitrogens with zero attached hydrogens (tertiary/aromatic N) is 1. The van der Waals surface area contributed by atoms with Crippen LogP contribution < -0.4 is 10.1 Å². The zero-order chi connectivity index (χ0) is 19.4. The quantitative estimate of drug-likeness (QED) is 0.513. The van der Waals surface area contributed by atoms with Gasteiger partial charge in [0.25, 0.3) is 11.6 Å². The number of carbonyl (C=O) groups excluding carboxylic acids is 1. The molecule has 0 unspecified atom stereocenters. The Morgan fingerprint density at radius 1 is 1.11 bits per heavy atom. The van der Waals surface area contributed by atoms with Gasteiger partial charge in [-0.1, -0.05) is 0 Å². The van der Waals surface area contributed by atoms with E-state index in [1.165, 1.54) is 36.4 Å². The standard InChI is InChI=1S/C18H12F2N2O5/c19-11-1-7-16(15(20)9-11)26-10-14-6-8-17(27-14)18(23)21-12-2-4-13(5-3-12)22(24)25/h1-9H,10H2,(H,21,23). The van der Waals surface area contributed by atoms with Crippen LogP contribution in [0.25, 0.3) is 0 Å². The van der Waals surface area contributed by atoms with E-state index in [4.69, 9.17) is 9.15 Å². The van der Waals surface area contributed by atoms with E-state index in [0.29, 0.717) is 11.8 Å². The number of benzene rings is 2. The topological polar surface area (TPSA) is 94.6 Å². The summed E-state index contributed by atoms with van der Waals surface area (Å²) in [4.78, 5) is 22.2. The molecule has 1 heterocycles. The zero-order valence-electron chi connectivity index (χ0n) is 13.6. The molecular weight excluding hydrogens is 362 g/mol. The summed E-state index contributed by atoms with van der Waals surface area (Å²) in [5, 5.41) is 13.1. The van der Waals surface area contributed by atoms with E-state index in [9.17, 15) is 23.7 Å². The van der Waals surface area contributed by atoms with Gasteiger partial charge in [-0.2, -0.15) is 0 Å². The SMILES string of the molecule is O=C(Nc1ccc([N+](=O)[O-])cc1)c1ccc(COc2ccc(F)cc2F)o1. The Labute approximate surface area is 151 Å². The average Bonchev–Trinajstić information content (AvgIpc) is 3.10. The Kier molecular flexibility index (Phi) is 5.11. The van der Waals surface area contributed by atoms with E-state index in [1.54, 1.807) is 0 Å². The molecule has 0 atom stereocenters. The summed E-state index contributed by atoms with van der Waals surface area (Å²) in [6.45, 7) is -0.159. The summed E-state index contributed by atoms with van der Waals surface area (Å²) >= 11 is 0. The molecule has 0 fully saturated rings. The van der Waals surface area contributed by atoms with Gasteiger partial charge in [0, 0.05) is 23.9 Å². The second kappa shape index (κ2) is 7.65. The minimum absolute atomic E-state index is 0.0217. The zero-order valence-corrected chi connectivity index (χ0v) is 13.6. The molecule has 7 nitrogen and oxygen atoms in total. The van der Waals surface area contributed by atoms with Gasteiger partial charge in [0.15, 0.2) is 17.3 Å². The van der Waals surface area contributed by atoms with Crippen molar-refractivity contribution in [2.75, 3.05) is 5.32 Å². The number of amides is 1. The number of nitro benzene ring substituents is 1. The molecular formula is C18H12F2N2O5. The normalized spacial score (nSPS) is 10.4. The van der Waals surface area contributed by atoms with Crippen LogP contribution in [-0.2, 0) is 6.61 Å². The highest BCUT2D eigenvalue weighted by molar-refractivity contribution is 6.02. The number of hydrogen-bond donors (Lipinski definition) is 1. The first-order valence-electron chi connectivity index (χ1n) is 7.65. The number of carbonyl (C=O) groups is 1. The minimum atomic E-state index is -0.849. The van der Waals surface area contributed by atoms with E-state index in [2.05, 4.69) is 5.32 Å². The van der Waals surface area contributed by atoms with Crippen LogP contribution in [-0.4, -0.2) is 10.8 Å². The molecule has 3 rings (SSSR count). The number of hydrogen-bond acceptors (Lipinski definition) is 5. The van der Waals surface area contributed by atoms with Crippen LogP contribution in [0.15, 0.2) is 59.0 Å². The summed E-state index contributed by atoms with van der Waals surface area (Å²) in [6, 6.07) is 11.1. The van der Waals surface area contributed by atoms with Crippen molar-refractivity contribution in [2.45, 2.75) is 6.61 Å². The van der Waals surface area contributed by atoms with Gasteiger partial charge in [-0.15, -0.1) is 0 Å². The van der Waals surface area contributed by atoms with Crippen molar-refractivity contribution >= 4 is 17.3 Å². The Balaban J connectivity index is 1.61. The molecule has 9 heteroatoms. The fourth-order valence-electron chi connectivity index (χ4n) is 2.18. The van der Waals surface area contributed by atoms with Gasteiger partial charge in [0.1, 0.15) is 18.2 Å². The first kappa shape index (κ1) is 18.1. The maximum absolute atomic E-state index is 13.5. The highest BCUT2D eigenvalue weighted by atomic mass is 19.1. The molecule has 0 saturated heterocycles. The first-order valence-corrected chi connectivity index (χ1v) is 7.65. The van der Waals surface area contributed by atoms with Crippen molar-refractivity contribution in [3.8, 4) is 5.75 Å². The molecule has 1 aromatic heterocycles. The Hall–Kier alpha value is -3.75. The second-order valence-electron chi connectivity index (χ2n) is 5.39. The number of nitro groups is 1. The first-order chi connectivity index (χ1) is 12.9. The number of non-ortho nitro benzene ring substituents is 1. The maximum atomic E-state index is 13.5. The lowest BCUT2D eigenvalue weighted by atomic mass is 10.3. The smallest absolute Gasteiger partial charge is 0.291 e. The van der Waals surface area contributed by atoms with E-state index >= 15 is 0 Å². The summed E-state index contributed by atoms with van der Waals surface area (Å²) < 4.78 is 36.9. The fourth-order valence-corrected chi connectivity index (χ4v) is 2.18. The van der Waals surface area contributed by atoms with Crippen molar-refractivity contribution in [3.63, 3.8) is 0 Å². The van der Waals surface area contributed by atoms with Gasteiger partial charge >= 0.3 is 0 Å². The summed E-state index contributed by atoms with van der Waals surface area (Å²) in [7, 11) is 0. The molecule has 0 bridgehead atoms. The fraction of sp³-hybridized carbons (Fsp3) is 0.0556. The van der Waals surface area contributed by atoms with Crippen LogP contribution >= 0.6 is 0 Å². The Bertz CT molecular complexity index is 986. The van der Waals surface area contributed by atoms with Crippen molar-refractivity contribution < 1.29 is 27.7 Å². The minimum Gasteiger partial charge on any atom is -0.483 e. The van der Waals surface area contributed by atoms with E-state index < -0.39 is 22.5 Å².